The van der Waals surface area contributed by atoms with E-state index in [4.69, 9.17) is 4.98 Å². The Kier molecular flexibility index (Phi) is 5.71. The first kappa shape index (κ1) is 21.6. The smallest absolute Gasteiger partial charge is 0.262 e. The van der Waals surface area contributed by atoms with Crippen LogP contribution in [-0.4, -0.2) is 30.9 Å². The molecule has 0 saturated heterocycles. The quantitative estimate of drug-likeness (QED) is 0.467. The van der Waals surface area contributed by atoms with Crippen LogP contribution in [0.5, 0.6) is 0 Å². The Morgan fingerprint density at radius 3 is 2.44 bits per heavy atom. The number of carbonyl (C=O) groups excluding carboxylic acids is 1. The van der Waals surface area contributed by atoms with Crippen molar-refractivity contribution in [1.82, 2.24) is 14.9 Å². The van der Waals surface area contributed by atoms with Crippen molar-refractivity contribution < 1.29 is 13.2 Å². The highest BCUT2D eigenvalue weighted by atomic mass is 32.2. The normalized spacial score (nSPS) is 11.5. The molecule has 0 fully saturated rings. The molecule has 1 aromatic heterocycles. The van der Waals surface area contributed by atoms with Crippen molar-refractivity contribution in [3.05, 3.63) is 77.9 Å². The Balaban J connectivity index is 1.68. The molecule has 4 rings (SSSR count). The topological polar surface area (TPSA) is 93.1 Å². The first-order valence-electron chi connectivity index (χ1n) is 10.2. The maximum atomic E-state index is 13.0. The highest BCUT2D eigenvalue weighted by Crippen LogP contribution is 2.27. The van der Waals surface area contributed by atoms with Crippen molar-refractivity contribution in [1.29, 1.82) is 0 Å². The maximum absolute atomic E-state index is 13.0. The summed E-state index contributed by atoms with van der Waals surface area (Å²) in [5.74, 6) is 0.572. The molecule has 0 aliphatic rings. The Morgan fingerprint density at radius 1 is 1.03 bits per heavy atom. The number of fused-ring (bicyclic) bond motifs is 1. The van der Waals surface area contributed by atoms with Gasteiger partial charge in [-0.3, -0.25) is 9.52 Å². The van der Waals surface area contributed by atoms with E-state index in [1.54, 1.807) is 43.4 Å². The Labute approximate surface area is 187 Å². The van der Waals surface area contributed by atoms with Gasteiger partial charge in [0, 0.05) is 25.2 Å². The molecule has 8 heteroatoms. The number of sulfonamides is 1. The summed E-state index contributed by atoms with van der Waals surface area (Å²) in [6, 6.07) is 19.5. The minimum absolute atomic E-state index is 0.150. The number of amides is 1. The van der Waals surface area contributed by atoms with E-state index in [-0.39, 0.29) is 10.8 Å². The summed E-state index contributed by atoms with van der Waals surface area (Å²) in [6.45, 7) is 1.93. The number of aryl methyl sites for hydroxylation is 2. The molecule has 3 aromatic carbocycles. The zero-order chi connectivity index (χ0) is 22.9. The van der Waals surface area contributed by atoms with Crippen LogP contribution in [-0.2, 0) is 23.5 Å². The predicted molar refractivity (Wildman–Crippen MR) is 126 cm³/mol. The number of aromatic nitrogens is 2. The molecular weight excluding hydrogens is 424 g/mol. The fourth-order valence-electron chi connectivity index (χ4n) is 3.70. The highest BCUT2D eigenvalue weighted by molar-refractivity contribution is 7.92. The van der Waals surface area contributed by atoms with Crippen molar-refractivity contribution >= 4 is 32.7 Å². The van der Waals surface area contributed by atoms with Gasteiger partial charge >= 0.3 is 0 Å². The number of anilines is 1. The van der Waals surface area contributed by atoms with Gasteiger partial charge < -0.3 is 9.88 Å². The minimum Gasteiger partial charge on any atom is -0.355 e. The fourth-order valence-corrected chi connectivity index (χ4v) is 5.07. The third kappa shape index (κ3) is 3.97. The van der Waals surface area contributed by atoms with Gasteiger partial charge in [-0.1, -0.05) is 37.3 Å². The van der Waals surface area contributed by atoms with Gasteiger partial charge in [-0.2, -0.15) is 0 Å². The first-order valence-corrected chi connectivity index (χ1v) is 11.7. The lowest BCUT2D eigenvalue weighted by Crippen LogP contribution is -2.17. The summed E-state index contributed by atoms with van der Waals surface area (Å²) in [5, 5.41) is 2.60. The van der Waals surface area contributed by atoms with Crippen LogP contribution >= 0.6 is 0 Å². The molecule has 32 heavy (non-hydrogen) atoms. The zero-order valence-corrected chi connectivity index (χ0v) is 18.9. The second-order valence-electron chi connectivity index (χ2n) is 7.42. The summed E-state index contributed by atoms with van der Waals surface area (Å²) < 4.78 is 30.5. The minimum atomic E-state index is -3.72. The maximum Gasteiger partial charge on any atom is 0.262 e. The third-order valence-electron chi connectivity index (χ3n) is 5.41. The van der Waals surface area contributed by atoms with Crippen LogP contribution in [0.4, 0.5) is 5.69 Å². The van der Waals surface area contributed by atoms with Gasteiger partial charge in [-0.25, -0.2) is 13.4 Å². The average Bonchev–Trinajstić information content (AvgIpc) is 3.14. The van der Waals surface area contributed by atoms with E-state index < -0.39 is 10.0 Å². The average molecular weight is 449 g/mol. The lowest BCUT2D eigenvalue weighted by atomic mass is 10.1. The second kappa shape index (κ2) is 8.47. The molecule has 0 radical (unpaired) electrons. The van der Waals surface area contributed by atoms with Gasteiger partial charge in [-0.15, -0.1) is 0 Å². The molecule has 1 amide bonds. The molecule has 0 saturated carbocycles. The van der Waals surface area contributed by atoms with E-state index in [1.807, 2.05) is 48.9 Å². The molecule has 7 nitrogen and oxygen atoms in total. The standard InChI is InChI=1S/C24H24N4O3S/c1-4-16-7-5-6-8-22(16)32(30,31)27-19-13-14-21-20(15-19)26-23(28(21)3)17-9-11-18(12-10-17)24(29)25-2/h5-15,27H,4H2,1-3H3,(H,25,29). The van der Waals surface area contributed by atoms with Crippen molar-refractivity contribution in [2.75, 3.05) is 11.8 Å². The van der Waals surface area contributed by atoms with E-state index in [0.717, 1.165) is 22.5 Å². The van der Waals surface area contributed by atoms with Crippen molar-refractivity contribution in [2.45, 2.75) is 18.2 Å². The molecule has 2 N–H and O–H groups in total. The van der Waals surface area contributed by atoms with E-state index in [1.165, 1.54) is 0 Å². The Morgan fingerprint density at radius 2 is 1.75 bits per heavy atom. The van der Waals surface area contributed by atoms with E-state index in [9.17, 15) is 13.2 Å². The fraction of sp³-hybridized carbons (Fsp3) is 0.167. The number of hydrogen-bond acceptors (Lipinski definition) is 4. The molecule has 4 aromatic rings. The third-order valence-corrected chi connectivity index (χ3v) is 6.89. The van der Waals surface area contributed by atoms with E-state index in [0.29, 0.717) is 23.2 Å². The monoisotopic (exact) mass is 448 g/mol. The summed E-state index contributed by atoms with van der Waals surface area (Å²) in [6.07, 6.45) is 0.623. The number of rotatable bonds is 6. The van der Waals surface area contributed by atoms with Crippen molar-refractivity contribution in [3.8, 4) is 11.4 Å². The van der Waals surface area contributed by atoms with Crippen LogP contribution in [0.25, 0.3) is 22.4 Å². The number of imidazole rings is 1. The second-order valence-corrected chi connectivity index (χ2v) is 9.07. The van der Waals surface area contributed by atoms with Gasteiger partial charge in [-0.05, 0) is 48.4 Å². The molecule has 0 unspecified atom stereocenters. The van der Waals surface area contributed by atoms with Crippen LogP contribution in [0.15, 0.2) is 71.6 Å². The lowest BCUT2D eigenvalue weighted by molar-refractivity contribution is 0.0963. The van der Waals surface area contributed by atoms with Gasteiger partial charge in [0.05, 0.1) is 21.6 Å². The number of nitrogens with one attached hydrogen (secondary N) is 2. The van der Waals surface area contributed by atoms with Crippen LogP contribution in [0, 0.1) is 0 Å². The molecule has 0 bridgehead atoms. The molecule has 0 spiro atoms. The summed E-state index contributed by atoms with van der Waals surface area (Å²) in [4.78, 5) is 16.8. The summed E-state index contributed by atoms with van der Waals surface area (Å²) >= 11 is 0. The zero-order valence-electron chi connectivity index (χ0n) is 18.1. The van der Waals surface area contributed by atoms with Crippen LogP contribution < -0.4 is 10.0 Å². The van der Waals surface area contributed by atoms with E-state index >= 15 is 0 Å². The van der Waals surface area contributed by atoms with Gasteiger partial charge in [0.1, 0.15) is 5.82 Å². The van der Waals surface area contributed by atoms with Gasteiger partial charge in [0.25, 0.3) is 15.9 Å². The Bertz CT molecular complexity index is 1410. The van der Waals surface area contributed by atoms with Gasteiger partial charge in [0.15, 0.2) is 0 Å². The van der Waals surface area contributed by atoms with Crippen molar-refractivity contribution in [3.63, 3.8) is 0 Å². The van der Waals surface area contributed by atoms with Crippen LogP contribution in [0.2, 0.25) is 0 Å². The van der Waals surface area contributed by atoms with Crippen LogP contribution in [0.3, 0.4) is 0 Å². The van der Waals surface area contributed by atoms with Crippen molar-refractivity contribution in [2.24, 2.45) is 7.05 Å². The van der Waals surface area contributed by atoms with E-state index in [2.05, 4.69) is 10.0 Å². The summed E-state index contributed by atoms with van der Waals surface area (Å²) in [7, 11) is -0.225. The summed E-state index contributed by atoms with van der Waals surface area (Å²) in [5.41, 5.74) is 4.17. The molecule has 164 valence electrons. The molecule has 0 atom stereocenters. The molecular formula is C24H24N4O3S. The SMILES string of the molecule is CCc1ccccc1S(=O)(=O)Nc1ccc2c(c1)nc(-c1ccc(C(=O)NC)cc1)n2C. The Hall–Kier alpha value is -3.65. The number of carbonyl (C=O) groups is 1. The largest absolute Gasteiger partial charge is 0.355 e. The molecule has 0 aliphatic carbocycles. The molecule has 1 heterocycles. The van der Waals surface area contributed by atoms with Crippen LogP contribution in [0.1, 0.15) is 22.8 Å². The van der Waals surface area contributed by atoms with Gasteiger partial charge in [0.2, 0.25) is 0 Å². The first-order chi connectivity index (χ1) is 15.3. The lowest BCUT2D eigenvalue weighted by Gasteiger charge is -2.11. The molecule has 0 aliphatic heterocycles. The number of nitrogens with zero attached hydrogens (tertiary/aromatic N) is 2. The predicted octanol–water partition coefficient (Wildman–Crippen LogP) is 3.96. The highest BCUT2D eigenvalue weighted by Gasteiger charge is 2.18. The number of hydrogen-bond donors (Lipinski definition) is 2. The number of benzene rings is 3.